The molecule has 0 unspecified atom stereocenters. The van der Waals surface area contributed by atoms with E-state index in [-0.39, 0.29) is 10.3 Å². The summed E-state index contributed by atoms with van der Waals surface area (Å²) >= 11 is 0. The van der Waals surface area contributed by atoms with Crippen LogP contribution in [-0.2, 0) is 10.0 Å². The monoisotopic (exact) mass is 354 g/mol. The average molecular weight is 354 g/mol. The van der Waals surface area contributed by atoms with E-state index in [0.717, 1.165) is 35.1 Å². The first kappa shape index (κ1) is 16.1. The second-order valence-corrected chi connectivity index (χ2v) is 8.07. The highest BCUT2D eigenvalue weighted by atomic mass is 32.2. The lowest BCUT2D eigenvalue weighted by atomic mass is 9.96. The van der Waals surface area contributed by atoms with Crippen molar-refractivity contribution in [2.45, 2.75) is 17.7 Å². The van der Waals surface area contributed by atoms with Gasteiger partial charge in [0.25, 0.3) is 0 Å². The lowest BCUT2D eigenvalue weighted by Crippen LogP contribution is -2.11. The van der Waals surface area contributed by atoms with Crippen LogP contribution in [0.4, 0.5) is 0 Å². The SMILES string of the molecule is COc1ccc(C2=CC3(C=C2c2ccc(S(N)(=O)=O)cc2)CC3)cn1. The van der Waals surface area contributed by atoms with Gasteiger partial charge in [-0.2, -0.15) is 0 Å². The van der Waals surface area contributed by atoms with Crippen molar-refractivity contribution in [3.63, 3.8) is 0 Å². The van der Waals surface area contributed by atoms with Crippen LogP contribution in [0.2, 0.25) is 0 Å². The van der Waals surface area contributed by atoms with E-state index in [4.69, 9.17) is 9.88 Å². The summed E-state index contributed by atoms with van der Waals surface area (Å²) in [6, 6.07) is 10.5. The number of hydrogen-bond donors (Lipinski definition) is 1. The highest BCUT2D eigenvalue weighted by Crippen LogP contribution is 2.57. The smallest absolute Gasteiger partial charge is 0.238 e. The highest BCUT2D eigenvalue weighted by Gasteiger charge is 2.43. The van der Waals surface area contributed by atoms with Gasteiger partial charge < -0.3 is 4.74 Å². The van der Waals surface area contributed by atoms with Crippen LogP contribution in [0.25, 0.3) is 11.1 Å². The Bertz CT molecular complexity index is 984. The molecule has 0 atom stereocenters. The standard InChI is InChI=1S/C19H18N2O3S/c1-24-18-7-4-14(12-21-18)17-11-19(8-9-19)10-16(17)13-2-5-15(6-3-13)25(20,22)23/h2-7,10-12H,8-9H2,1H3,(H2,20,22,23). The Morgan fingerprint density at radius 1 is 1.00 bits per heavy atom. The van der Waals surface area contributed by atoms with Crippen LogP contribution in [0, 0.1) is 5.41 Å². The van der Waals surface area contributed by atoms with Gasteiger partial charge in [0.15, 0.2) is 0 Å². The van der Waals surface area contributed by atoms with Crippen molar-refractivity contribution in [3.8, 4) is 5.88 Å². The molecule has 2 aliphatic carbocycles. The maximum absolute atomic E-state index is 11.5. The molecular formula is C19H18N2O3S. The number of methoxy groups -OCH3 is 1. The third kappa shape index (κ3) is 2.99. The molecule has 1 heterocycles. The summed E-state index contributed by atoms with van der Waals surface area (Å²) in [5.41, 5.74) is 4.36. The lowest BCUT2D eigenvalue weighted by molar-refractivity contribution is 0.398. The Kier molecular flexibility index (Phi) is 3.56. The third-order valence-corrected chi connectivity index (χ3v) is 5.66. The molecule has 5 nitrogen and oxygen atoms in total. The summed E-state index contributed by atoms with van der Waals surface area (Å²) in [7, 11) is -2.09. The number of pyridine rings is 1. The van der Waals surface area contributed by atoms with Crippen molar-refractivity contribution in [2.75, 3.05) is 7.11 Å². The van der Waals surface area contributed by atoms with Gasteiger partial charge in [0.2, 0.25) is 15.9 Å². The number of allylic oxidation sites excluding steroid dienone is 4. The Labute approximate surface area is 146 Å². The Hall–Kier alpha value is -2.44. The minimum atomic E-state index is -3.68. The molecule has 1 spiro atoms. The zero-order chi connectivity index (χ0) is 17.7. The zero-order valence-electron chi connectivity index (χ0n) is 13.8. The van der Waals surface area contributed by atoms with Gasteiger partial charge in [-0.15, -0.1) is 0 Å². The molecule has 1 saturated carbocycles. The largest absolute Gasteiger partial charge is 0.481 e. The molecule has 2 aliphatic rings. The van der Waals surface area contributed by atoms with Gasteiger partial charge in [0.05, 0.1) is 12.0 Å². The minimum absolute atomic E-state index is 0.118. The van der Waals surface area contributed by atoms with E-state index in [0.29, 0.717) is 5.88 Å². The molecular weight excluding hydrogens is 336 g/mol. The molecule has 2 N–H and O–H groups in total. The van der Waals surface area contributed by atoms with Crippen LogP contribution in [0.5, 0.6) is 5.88 Å². The molecule has 0 bridgehead atoms. The molecule has 0 aliphatic heterocycles. The summed E-state index contributed by atoms with van der Waals surface area (Å²) in [4.78, 5) is 4.42. The number of aromatic nitrogens is 1. The van der Waals surface area contributed by atoms with Crippen molar-refractivity contribution in [1.29, 1.82) is 0 Å². The number of benzene rings is 1. The fourth-order valence-corrected chi connectivity index (χ4v) is 3.68. The number of nitrogens with two attached hydrogens (primary N) is 1. The summed E-state index contributed by atoms with van der Waals surface area (Å²) < 4.78 is 28.0. The van der Waals surface area contributed by atoms with Crippen LogP contribution >= 0.6 is 0 Å². The first-order valence-electron chi connectivity index (χ1n) is 8.00. The van der Waals surface area contributed by atoms with Gasteiger partial charge in [-0.1, -0.05) is 24.3 Å². The van der Waals surface area contributed by atoms with E-state index < -0.39 is 10.0 Å². The number of nitrogens with zero attached hydrogens (tertiary/aromatic N) is 1. The molecule has 0 amide bonds. The zero-order valence-corrected chi connectivity index (χ0v) is 14.6. The number of ether oxygens (including phenoxy) is 1. The average Bonchev–Trinajstić information content (AvgIpc) is 3.25. The summed E-state index contributed by atoms with van der Waals surface area (Å²) in [6.45, 7) is 0. The number of primary sulfonamides is 1. The molecule has 1 aromatic heterocycles. The van der Waals surface area contributed by atoms with Gasteiger partial charge in [-0.05, 0) is 47.8 Å². The predicted octanol–water partition coefficient (Wildman–Crippen LogP) is 3.00. The van der Waals surface area contributed by atoms with E-state index in [2.05, 4.69) is 17.1 Å². The van der Waals surface area contributed by atoms with Crippen LogP contribution in [0.1, 0.15) is 24.0 Å². The van der Waals surface area contributed by atoms with Crippen molar-refractivity contribution < 1.29 is 13.2 Å². The van der Waals surface area contributed by atoms with Crippen LogP contribution < -0.4 is 9.88 Å². The molecule has 6 heteroatoms. The van der Waals surface area contributed by atoms with Crippen molar-refractivity contribution in [3.05, 3.63) is 65.9 Å². The molecule has 4 rings (SSSR count). The van der Waals surface area contributed by atoms with Crippen LogP contribution in [0.3, 0.4) is 0 Å². The Balaban J connectivity index is 1.73. The van der Waals surface area contributed by atoms with Gasteiger partial charge in [0.1, 0.15) is 0 Å². The molecule has 1 fully saturated rings. The summed E-state index contributed by atoms with van der Waals surface area (Å²) in [6.07, 6.45) is 8.65. The number of rotatable bonds is 4. The second kappa shape index (κ2) is 5.54. The minimum Gasteiger partial charge on any atom is -0.481 e. The Morgan fingerprint density at radius 3 is 2.08 bits per heavy atom. The lowest BCUT2D eigenvalue weighted by Gasteiger charge is -2.10. The fraction of sp³-hybridized carbons (Fsp3) is 0.211. The fourth-order valence-electron chi connectivity index (χ4n) is 3.17. The normalized spacial score (nSPS) is 18.0. The molecule has 0 saturated heterocycles. The summed E-state index contributed by atoms with van der Waals surface area (Å²) in [5.74, 6) is 0.575. The number of hydrogen-bond acceptors (Lipinski definition) is 4. The topological polar surface area (TPSA) is 82.3 Å². The van der Waals surface area contributed by atoms with Gasteiger partial charge in [-0.3, -0.25) is 0 Å². The van der Waals surface area contributed by atoms with Crippen LogP contribution in [-0.4, -0.2) is 20.5 Å². The second-order valence-electron chi connectivity index (χ2n) is 6.51. The van der Waals surface area contributed by atoms with Gasteiger partial charge in [-0.25, -0.2) is 18.5 Å². The highest BCUT2D eigenvalue weighted by molar-refractivity contribution is 7.89. The number of sulfonamides is 1. The summed E-state index contributed by atoms with van der Waals surface area (Å²) in [5, 5.41) is 5.19. The van der Waals surface area contributed by atoms with E-state index in [1.54, 1.807) is 37.6 Å². The molecule has 1 aromatic carbocycles. The van der Waals surface area contributed by atoms with E-state index >= 15 is 0 Å². The van der Waals surface area contributed by atoms with E-state index in [1.165, 1.54) is 0 Å². The maximum Gasteiger partial charge on any atom is 0.238 e. The predicted molar refractivity (Wildman–Crippen MR) is 96.2 cm³/mol. The van der Waals surface area contributed by atoms with Gasteiger partial charge >= 0.3 is 0 Å². The first-order valence-corrected chi connectivity index (χ1v) is 9.55. The Morgan fingerprint density at radius 2 is 1.60 bits per heavy atom. The molecule has 2 aromatic rings. The third-order valence-electron chi connectivity index (χ3n) is 4.73. The maximum atomic E-state index is 11.5. The van der Waals surface area contributed by atoms with Crippen molar-refractivity contribution in [1.82, 2.24) is 4.98 Å². The van der Waals surface area contributed by atoms with Crippen LogP contribution in [0.15, 0.2) is 59.6 Å². The molecule has 128 valence electrons. The van der Waals surface area contributed by atoms with E-state index in [1.807, 2.05) is 12.1 Å². The quantitative estimate of drug-likeness (QED) is 0.915. The molecule has 25 heavy (non-hydrogen) atoms. The first-order chi connectivity index (χ1) is 11.9. The van der Waals surface area contributed by atoms with Gasteiger partial charge in [0, 0.05) is 23.2 Å². The molecule has 0 radical (unpaired) electrons. The van der Waals surface area contributed by atoms with E-state index in [9.17, 15) is 8.42 Å². The van der Waals surface area contributed by atoms with Crippen molar-refractivity contribution >= 4 is 21.2 Å². The van der Waals surface area contributed by atoms with Crippen molar-refractivity contribution in [2.24, 2.45) is 10.6 Å².